The summed E-state index contributed by atoms with van der Waals surface area (Å²) in [7, 11) is 0. The molecule has 1 heterocycles. The van der Waals surface area contributed by atoms with Crippen LogP contribution in [-0.4, -0.2) is 10.9 Å². The zero-order valence-electron chi connectivity index (χ0n) is 12.1. The molecule has 4 heteroatoms. The molecule has 1 amide bonds. The Balaban J connectivity index is 1.84. The number of hydrogen-bond donors (Lipinski definition) is 1. The molecular weight excluding hydrogens is 268 g/mol. The minimum atomic E-state index is 0.0372. The van der Waals surface area contributed by atoms with Crippen molar-refractivity contribution in [1.29, 1.82) is 0 Å². The molecule has 0 saturated carbocycles. The highest BCUT2D eigenvalue weighted by atomic mass is 32.1. The maximum Gasteiger partial charge on any atom is 0.224 e. The monoisotopic (exact) mass is 288 g/mol. The van der Waals surface area contributed by atoms with Crippen LogP contribution in [0.15, 0.2) is 29.6 Å². The minimum Gasteiger partial charge on any atom is -0.326 e. The van der Waals surface area contributed by atoms with Crippen LogP contribution < -0.4 is 5.32 Å². The number of benzene rings is 1. The van der Waals surface area contributed by atoms with E-state index in [1.807, 2.05) is 24.4 Å². The van der Waals surface area contributed by atoms with Gasteiger partial charge in [-0.2, -0.15) is 0 Å². The summed E-state index contributed by atoms with van der Waals surface area (Å²) in [5.41, 5.74) is 3.16. The molecule has 0 aliphatic carbocycles. The molecule has 0 fully saturated rings. The Morgan fingerprint density at radius 2 is 2.00 bits per heavy atom. The van der Waals surface area contributed by atoms with Gasteiger partial charge in [-0.25, -0.2) is 4.98 Å². The van der Waals surface area contributed by atoms with E-state index in [1.165, 1.54) is 5.56 Å². The number of amides is 1. The smallest absolute Gasteiger partial charge is 0.224 e. The fourth-order valence-corrected chi connectivity index (χ4v) is 2.69. The molecule has 1 N–H and O–H groups in total. The summed E-state index contributed by atoms with van der Waals surface area (Å²) < 4.78 is 0. The fraction of sp³-hybridized carbons (Fsp3) is 0.375. The third-order valence-electron chi connectivity index (χ3n) is 3.09. The van der Waals surface area contributed by atoms with E-state index in [0.717, 1.165) is 16.4 Å². The van der Waals surface area contributed by atoms with Crippen molar-refractivity contribution in [1.82, 2.24) is 4.98 Å². The molecule has 0 radical (unpaired) electrons. The first-order valence-corrected chi connectivity index (χ1v) is 7.73. The van der Waals surface area contributed by atoms with Crippen molar-refractivity contribution in [3.8, 4) is 0 Å². The number of carbonyl (C=O) groups is 1. The molecule has 2 rings (SSSR count). The van der Waals surface area contributed by atoms with Crippen LogP contribution in [0.5, 0.6) is 0 Å². The summed E-state index contributed by atoms with van der Waals surface area (Å²) >= 11 is 1.61. The third kappa shape index (κ3) is 4.17. The van der Waals surface area contributed by atoms with Gasteiger partial charge in [-0.1, -0.05) is 26.0 Å². The van der Waals surface area contributed by atoms with Crippen molar-refractivity contribution in [3.63, 3.8) is 0 Å². The van der Waals surface area contributed by atoms with Gasteiger partial charge < -0.3 is 5.32 Å². The van der Waals surface area contributed by atoms with Crippen molar-refractivity contribution < 1.29 is 4.79 Å². The number of aryl methyl sites for hydroxylation is 2. The van der Waals surface area contributed by atoms with Gasteiger partial charge >= 0.3 is 0 Å². The number of anilines is 1. The molecule has 2 aromatic rings. The molecule has 0 saturated heterocycles. The standard InChI is InChI=1S/C16H20N2OS/c1-11(2)13-4-6-14(7-5-13)18-15(19)8-9-16-17-12(3)10-20-16/h4-7,10-11H,8-9H2,1-3H3,(H,18,19). The first-order valence-electron chi connectivity index (χ1n) is 6.85. The van der Waals surface area contributed by atoms with Crippen LogP contribution in [0, 0.1) is 6.92 Å². The Kier molecular flexibility index (Phi) is 4.90. The largest absolute Gasteiger partial charge is 0.326 e. The molecule has 20 heavy (non-hydrogen) atoms. The van der Waals surface area contributed by atoms with Crippen LogP contribution in [0.1, 0.15) is 42.5 Å². The molecule has 3 nitrogen and oxygen atoms in total. The summed E-state index contributed by atoms with van der Waals surface area (Å²) in [4.78, 5) is 16.2. The summed E-state index contributed by atoms with van der Waals surface area (Å²) in [6.07, 6.45) is 1.17. The topological polar surface area (TPSA) is 42.0 Å². The van der Waals surface area contributed by atoms with E-state index in [4.69, 9.17) is 0 Å². The highest BCUT2D eigenvalue weighted by Gasteiger charge is 2.06. The van der Waals surface area contributed by atoms with Gasteiger partial charge in [0.15, 0.2) is 0 Å². The number of nitrogens with zero attached hydrogens (tertiary/aromatic N) is 1. The molecule has 0 unspecified atom stereocenters. The quantitative estimate of drug-likeness (QED) is 0.898. The summed E-state index contributed by atoms with van der Waals surface area (Å²) in [6, 6.07) is 8.04. The molecule has 0 atom stereocenters. The summed E-state index contributed by atoms with van der Waals surface area (Å²) in [5, 5.41) is 5.96. The number of hydrogen-bond acceptors (Lipinski definition) is 3. The lowest BCUT2D eigenvalue weighted by atomic mass is 10.0. The zero-order valence-corrected chi connectivity index (χ0v) is 13.0. The van der Waals surface area contributed by atoms with E-state index in [2.05, 4.69) is 36.3 Å². The molecule has 0 aliphatic heterocycles. The second kappa shape index (κ2) is 6.66. The lowest BCUT2D eigenvalue weighted by Crippen LogP contribution is -2.12. The van der Waals surface area contributed by atoms with Crippen LogP contribution in [0.4, 0.5) is 5.69 Å². The van der Waals surface area contributed by atoms with Gasteiger partial charge in [0.1, 0.15) is 0 Å². The van der Waals surface area contributed by atoms with E-state index >= 15 is 0 Å². The van der Waals surface area contributed by atoms with E-state index in [1.54, 1.807) is 11.3 Å². The van der Waals surface area contributed by atoms with Crippen LogP contribution in [-0.2, 0) is 11.2 Å². The van der Waals surface area contributed by atoms with Crippen molar-refractivity contribution >= 4 is 22.9 Å². The maximum atomic E-state index is 11.9. The highest BCUT2D eigenvalue weighted by molar-refractivity contribution is 7.09. The summed E-state index contributed by atoms with van der Waals surface area (Å²) in [5.74, 6) is 0.544. The molecule has 1 aromatic carbocycles. The lowest BCUT2D eigenvalue weighted by Gasteiger charge is -2.08. The van der Waals surface area contributed by atoms with Gasteiger partial charge in [0.05, 0.1) is 5.01 Å². The van der Waals surface area contributed by atoms with E-state index in [9.17, 15) is 4.79 Å². The van der Waals surface area contributed by atoms with Crippen LogP contribution in [0.2, 0.25) is 0 Å². The predicted molar refractivity (Wildman–Crippen MR) is 84.3 cm³/mol. The highest BCUT2D eigenvalue weighted by Crippen LogP contribution is 2.17. The Morgan fingerprint density at radius 1 is 1.30 bits per heavy atom. The second-order valence-corrected chi connectivity index (χ2v) is 6.15. The van der Waals surface area contributed by atoms with Crippen molar-refractivity contribution in [3.05, 3.63) is 45.9 Å². The fourth-order valence-electron chi connectivity index (χ4n) is 1.91. The summed E-state index contributed by atoms with van der Waals surface area (Å²) in [6.45, 7) is 6.28. The van der Waals surface area contributed by atoms with E-state index < -0.39 is 0 Å². The second-order valence-electron chi connectivity index (χ2n) is 5.21. The van der Waals surface area contributed by atoms with Gasteiger partial charge in [-0.3, -0.25) is 4.79 Å². The number of carbonyl (C=O) groups excluding carboxylic acids is 1. The Labute approximate surface area is 124 Å². The first-order chi connectivity index (χ1) is 9.54. The molecule has 106 valence electrons. The average Bonchev–Trinajstić information content (AvgIpc) is 2.83. The Morgan fingerprint density at radius 3 is 2.55 bits per heavy atom. The molecule has 1 aromatic heterocycles. The lowest BCUT2D eigenvalue weighted by molar-refractivity contribution is -0.116. The van der Waals surface area contributed by atoms with Gasteiger partial charge in [-0.15, -0.1) is 11.3 Å². The maximum absolute atomic E-state index is 11.9. The average molecular weight is 288 g/mol. The first kappa shape index (κ1) is 14.7. The van der Waals surface area contributed by atoms with Crippen molar-refractivity contribution in [2.24, 2.45) is 0 Å². The van der Waals surface area contributed by atoms with Gasteiger partial charge in [0.25, 0.3) is 0 Å². The van der Waals surface area contributed by atoms with Crippen LogP contribution in [0.3, 0.4) is 0 Å². The zero-order chi connectivity index (χ0) is 14.5. The number of thiazole rings is 1. The number of rotatable bonds is 5. The minimum absolute atomic E-state index is 0.0372. The van der Waals surface area contributed by atoms with Gasteiger partial charge in [-0.05, 0) is 30.5 Å². The molecular formula is C16H20N2OS. The number of aromatic nitrogens is 1. The van der Waals surface area contributed by atoms with Crippen molar-refractivity contribution in [2.45, 2.75) is 39.5 Å². The van der Waals surface area contributed by atoms with Gasteiger partial charge in [0, 0.05) is 29.6 Å². The van der Waals surface area contributed by atoms with Crippen LogP contribution >= 0.6 is 11.3 Å². The molecule has 0 spiro atoms. The Hall–Kier alpha value is -1.68. The van der Waals surface area contributed by atoms with Gasteiger partial charge in [0.2, 0.25) is 5.91 Å². The Bertz CT molecular complexity index is 572. The van der Waals surface area contributed by atoms with E-state index in [0.29, 0.717) is 18.8 Å². The van der Waals surface area contributed by atoms with E-state index in [-0.39, 0.29) is 5.91 Å². The SMILES string of the molecule is Cc1csc(CCC(=O)Nc2ccc(C(C)C)cc2)n1. The predicted octanol–water partition coefficient (Wildman–Crippen LogP) is 4.15. The third-order valence-corrected chi connectivity index (χ3v) is 4.12. The van der Waals surface area contributed by atoms with Crippen LogP contribution in [0.25, 0.3) is 0 Å². The molecule has 0 aliphatic rings. The van der Waals surface area contributed by atoms with Crippen molar-refractivity contribution in [2.75, 3.05) is 5.32 Å². The normalized spacial score (nSPS) is 10.8. The number of nitrogens with one attached hydrogen (secondary N) is 1. The molecule has 0 bridgehead atoms.